The van der Waals surface area contributed by atoms with Crippen molar-refractivity contribution in [1.82, 2.24) is 30.6 Å². The van der Waals surface area contributed by atoms with Gasteiger partial charge in [-0.15, -0.1) is 5.10 Å². The van der Waals surface area contributed by atoms with Crippen LogP contribution in [0.2, 0.25) is 0 Å². The maximum Gasteiger partial charge on any atom is 0.323 e. The molecule has 0 amide bonds. The first-order chi connectivity index (χ1) is 14.2. The van der Waals surface area contributed by atoms with E-state index in [9.17, 15) is 4.79 Å². The number of hydrazone groups is 1. The Kier molecular flexibility index (Phi) is 6.36. The standard InChI is InChI=1S/C15H15N9O2S.C2H6/c16-21-12(22-17)6-27-15-20-13(23-24-15)11-4-3-10(26-11)7-1-2-8-9(5-7)19-14(25)18-8;1-2/h1-5H,6,16-17H2,(H,21,22)(H2,18,19,25)(H,20,23,24);1-2H3. The molecule has 4 aromatic rings. The number of hydrogen-bond donors (Lipinski definition) is 6. The van der Waals surface area contributed by atoms with Gasteiger partial charge < -0.3 is 25.7 Å². The highest BCUT2D eigenvalue weighted by atomic mass is 32.2. The average Bonchev–Trinajstić information content (AvgIpc) is 3.48. The zero-order valence-corrected chi connectivity index (χ0v) is 16.6. The second kappa shape index (κ2) is 9.12. The van der Waals surface area contributed by atoms with E-state index in [4.69, 9.17) is 16.1 Å². The number of aromatic amines is 3. The van der Waals surface area contributed by atoms with Crippen LogP contribution in [-0.2, 0) is 0 Å². The van der Waals surface area contributed by atoms with Crippen LogP contribution in [0, 0.1) is 0 Å². The molecule has 0 saturated heterocycles. The number of H-pyrrole nitrogens is 3. The van der Waals surface area contributed by atoms with Gasteiger partial charge in [-0.05, 0) is 30.3 Å². The van der Waals surface area contributed by atoms with Gasteiger partial charge in [0.25, 0.3) is 0 Å². The summed E-state index contributed by atoms with van der Waals surface area (Å²) in [5.41, 5.74) is 4.42. The molecule has 0 bridgehead atoms. The van der Waals surface area contributed by atoms with Gasteiger partial charge in [0.1, 0.15) is 11.6 Å². The second-order valence-electron chi connectivity index (χ2n) is 5.48. The summed E-state index contributed by atoms with van der Waals surface area (Å²) in [5.74, 6) is 13.0. The summed E-state index contributed by atoms with van der Waals surface area (Å²) in [6.07, 6.45) is 0. The van der Waals surface area contributed by atoms with Crippen LogP contribution in [0.3, 0.4) is 0 Å². The largest absolute Gasteiger partial charge is 0.453 e. The molecule has 4 rings (SSSR count). The van der Waals surface area contributed by atoms with Crippen molar-refractivity contribution in [3.63, 3.8) is 0 Å². The molecule has 0 aliphatic carbocycles. The molecule has 8 N–H and O–H groups in total. The lowest BCUT2D eigenvalue weighted by Gasteiger charge is -1.99. The number of rotatable bonds is 5. The molecule has 3 heterocycles. The number of fused-ring (bicyclic) bond motifs is 1. The lowest BCUT2D eigenvalue weighted by atomic mass is 10.1. The van der Waals surface area contributed by atoms with E-state index in [1.54, 1.807) is 6.07 Å². The summed E-state index contributed by atoms with van der Waals surface area (Å²) in [4.78, 5) is 21.2. The molecule has 0 fully saturated rings. The molecule has 0 aliphatic heterocycles. The maximum atomic E-state index is 11.4. The Morgan fingerprint density at radius 2 is 1.97 bits per heavy atom. The van der Waals surface area contributed by atoms with Gasteiger partial charge in [0, 0.05) is 5.56 Å². The van der Waals surface area contributed by atoms with Gasteiger partial charge in [-0.1, -0.05) is 25.6 Å². The number of nitrogens with zero attached hydrogens (tertiary/aromatic N) is 3. The number of furan rings is 1. The minimum atomic E-state index is -0.248. The van der Waals surface area contributed by atoms with Gasteiger partial charge in [-0.25, -0.2) is 10.6 Å². The number of imidazole rings is 1. The average molecular weight is 415 g/mol. The van der Waals surface area contributed by atoms with Gasteiger partial charge in [0.15, 0.2) is 11.6 Å². The molecule has 11 nitrogen and oxygen atoms in total. The fourth-order valence-electron chi connectivity index (χ4n) is 2.48. The third kappa shape index (κ3) is 4.50. The van der Waals surface area contributed by atoms with E-state index in [0.29, 0.717) is 39.6 Å². The Morgan fingerprint density at radius 3 is 2.72 bits per heavy atom. The van der Waals surface area contributed by atoms with Crippen molar-refractivity contribution in [3.8, 4) is 22.9 Å². The monoisotopic (exact) mass is 415 g/mol. The van der Waals surface area contributed by atoms with Crippen molar-refractivity contribution in [2.24, 2.45) is 16.8 Å². The Bertz CT molecular complexity index is 1170. The Balaban J connectivity index is 0.00000117. The van der Waals surface area contributed by atoms with Gasteiger partial charge >= 0.3 is 5.69 Å². The van der Waals surface area contributed by atoms with Gasteiger partial charge in [-0.3, -0.25) is 5.10 Å². The van der Waals surface area contributed by atoms with Crippen molar-refractivity contribution in [3.05, 3.63) is 40.8 Å². The number of nitrogens with two attached hydrogens (primary N) is 2. The first-order valence-corrected chi connectivity index (χ1v) is 9.76. The minimum Gasteiger partial charge on any atom is -0.453 e. The normalized spacial score (nSPS) is 11.3. The number of benzene rings is 1. The Morgan fingerprint density at radius 1 is 1.21 bits per heavy atom. The highest BCUT2D eigenvalue weighted by Gasteiger charge is 2.13. The lowest BCUT2D eigenvalue weighted by Crippen LogP contribution is -2.33. The highest BCUT2D eigenvalue weighted by molar-refractivity contribution is 7.99. The van der Waals surface area contributed by atoms with E-state index in [1.807, 2.05) is 38.1 Å². The summed E-state index contributed by atoms with van der Waals surface area (Å²) in [5, 5.41) is 10.9. The van der Waals surface area contributed by atoms with E-state index >= 15 is 0 Å². The van der Waals surface area contributed by atoms with E-state index < -0.39 is 0 Å². The summed E-state index contributed by atoms with van der Waals surface area (Å²) in [6, 6.07) is 9.14. The van der Waals surface area contributed by atoms with Crippen molar-refractivity contribution in [1.29, 1.82) is 0 Å². The molecule has 0 aliphatic rings. The molecular formula is C17H21N9O2S. The molecule has 0 radical (unpaired) electrons. The topological polar surface area (TPSA) is 180 Å². The van der Waals surface area contributed by atoms with Crippen molar-refractivity contribution < 1.29 is 4.42 Å². The fraction of sp³-hybridized carbons (Fsp3) is 0.176. The third-order valence-corrected chi connectivity index (χ3v) is 4.62. The summed E-state index contributed by atoms with van der Waals surface area (Å²) < 4.78 is 5.87. The number of aromatic nitrogens is 5. The van der Waals surface area contributed by atoms with E-state index in [1.165, 1.54) is 11.8 Å². The van der Waals surface area contributed by atoms with Crippen molar-refractivity contribution in [2.75, 3.05) is 5.75 Å². The number of hydrazine groups is 1. The lowest BCUT2D eigenvalue weighted by molar-refractivity contribution is 0.592. The molecule has 0 spiro atoms. The predicted molar refractivity (Wildman–Crippen MR) is 113 cm³/mol. The molecule has 1 aromatic carbocycles. The number of thioether (sulfide) groups is 1. The van der Waals surface area contributed by atoms with Crippen LogP contribution in [-0.4, -0.2) is 36.7 Å². The van der Waals surface area contributed by atoms with Crippen LogP contribution in [0.1, 0.15) is 13.8 Å². The molecule has 0 saturated carbocycles. The van der Waals surface area contributed by atoms with Crippen LogP contribution in [0.15, 0.2) is 49.8 Å². The van der Waals surface area contributed by atoms with Crippen molar-refractivity contribution in [2.45, 2.75) is 19.0 Å². The van der Waals surface area contributed by atoms with Crippen LogP contribution >= 0.6 is 11.8 Å². The molecule has 29 heavy (non-hydrogen) atoms. The molecule has 0 unspecified atom stereocenters. The van der Waals surface area contributed by atoms with E-state index in [0.717, 1.165) is 11.1 Å². The second-order valence-corrected chi connectivity index (χ2v) is 6.42. The van der Waals surface area contributed by atoms with Crippen LogP contribution in [0.25, 0.3) is 33.9 Å². The molecule has 152 valence electrons. The minimum absolute atomic E-state index is 0.248. The number of hydrogen-bond acceptors (Lipinski definition) is 8. The number of nitrogens with one attached hydrogen (secondary N) is 4. The number of amidine groups is 1. The Labute approximate surface area is 169 Å². The zero-order valence-electron chi connectivity index (χ0n) is 15.8. The van der Waals surface area contributed by atoms with E-state index in [2.05, 4.69) is 35.7 Å². The molecule has 12 heteroatoms. The molecule has 0 atom stereocenters. The quantitative estimate of drug-likeness (QED) is 0.0937. The maximum absolute atomic E-state index is 11.4. The first kappa shape index (κ1) is 20.2. The molecular weight excluding hydrogens is 394 g/mol. The summed E-state index contributed by atoms with van der Waals surface area (Å²) >= 11 is 1.31. The molecule has 3 aromatic heterocycles. The van der Waals surface area contributed by atoms with Gasteiger partial charge in [-0.2, -0.15) is 10.1 Å². The summed E-state index contributed by atoms with van der Waals surface area (Å²) in [6.45, 7) is 4.00. The third-order valence-electron chi connectivity index (χ3n) is 3.77. The van der Waals surface area contributed by atoms with Crippen LogP contribution < -0.4 is 22.8 Å². The fourth-order valence-corrected chi connectivity index (χ4v) is 3.17. The Hall–Kier alpha value is -3.51. The summed E-state index contributed by atoms with van der Waals surface area (Å²) in [7, 11) is 0. The predicted octanol–water partition coefficient (Wildman–Crippen LogP) is 1.76. The van der Waals surface area contributed by atoms with Gasteiger partial charge in [0.05, 0.1) is 16.8 Å². The van der Waals surface area contributed by atoms with E-state index in [-0.39, 0.29) is 5.69 Å². The highest BCUT2D eigenvalue weighted by Crippen LogP contribution is 2.28. The van der Waals surface area contributed by atoms with Gasteiger partial charge in [0.2, 0.25) is 5.16 Å². The van der Waals surface area contributed by atoms with Crippen molar-refractivity contribution >= 4 is 28.6 Å². The SMILES string of the molecule is CC.N/N=C(/CSc1n[nH]c(-c2ccc(-c3ccc4[nH]c(=O)[nH]c4c3)o2)n1)NN. The van der Waals surface area contributed by atoms with Crippen LogP contribution in [0.5, 0.6) is 0 Å². The van der Waals surface area contributed by atoms with Crippen LogP contribution in [0.4, 0.5) is 0 Å². The smallest absolute Gasteiger partial charge is 0.323 e. The zero-order chi connectivity index (χ0) is 20.8. The first-order valence-electron chi connectivity index (χ1n) is 8.77.